The minimum absolute atomic E-state index is 0.218. The Bertz CT molecular complexity index is 1330. The summed E-state index contributed by atoms with van der Waals surface area (Å²) in [7, 11) is 0. The number of aromatic nitrogens is 6. The van der Waals surface area contributed by atoms with Crippen LogP contribution in [-0.2, 0) is 37.8 Å². The van der Waals surface area contributed by atoms with E-state index in [1.165, 1.54) is 0 Å². The molecule has 0 radical (unpaired) electrons. The third-order valence-corrected chi connectivity index (χ3v) is 4.92. The fraction of sp³-hybridized carbons (Fsp3) is 0.333. The number of hydrogen-bond acceptors (Lipinski definition) is 4. The molecule has 0 fully saturated rings. The third kappa shape index (κ3) is 4.62. The van der Waals surface area contributed by atoms with E-state index in [2.05, 4.69) is 19.9 Å². The maximum Gasteiger partial charge on any atom is 0.433 e. The van der Waals surface area contributed by atoms with Gasteiger partial charge in [0.25, 0.3) is 0 Å². The second-order valence-electron chi connectivity index (χ2n) is 7.32. The van der Waals surface area contributed by atoms with Crippen LogP contribution >= 0.6 is 0 Å². The predicted molar refractivity (Wildman–Crippen MR) is 95.1 cm³/mol. The van der Waals surface area contributed by atoms with Crippen LogP contribution in [0.5, 0.6) is 0 Å². The number of hydrogen-bond donors (Lipinski definition) is 0. The zero-order valence-corrected chi connectivity index (χ0v) is 16.9. The fourth-order valence-corrected chi connectivity index (χ4v) is 3.33. The van der Waals surface area contributed by atoms with Gasteiger partial charge in [-0.2, -0.15) is 52.7 Å². The summed E-state index contributed by atoms with van der Waals surface area (Å²) in [6.45, 7) is -1.10. The first kappa shape index (κ1) is 25.5. The van der Waals surface area contributed by atoms with Gasteiger partial charge in [0.05, 0.1) is 23.8 Å². The standard InChI is InChI=1S/C18H8F12N6/c19-15(20,21)7-3-9(17(25,26)27)33-13-11(7)31-5-35(13)1-2-36-6-32-12-8(16(22,23)24)4-10(18(28,29)30)34-14(12)36/h3-6H,1-2H2. The molecule has 194 valence electrons. The van der Waals surface area contributed by atoms with Crippen LogP contribution in [0.3, 0.4) is 0 Å². The summed E-state index contributed by atoms with van der Waals surface area (Å²) in [5.41, 5.74) is -10.7. The van der Waals surface area contributed by atoms with Crippen molar-refractivity contribution in [3.05, 3.63) is 47.3 Å². The van der Waals surface area contributed by atoms with Gasteiger partial charge < -0.3 is 9.13 Å². The molecule has 6 nitrogen and oxygen atoms in total. The van der Waals surface area contributed by atoms with Crippen molar-refractivity contribution < 1.29 is 52.7 Å². The Kier molecular flexibility index (Phi) is 5.63. The van der Waals surface area contributed by atoms with E-state index in [0.717, 1.165) is 9.13 Å². The zero-order chi connectivity index (χ0) is 26.8. The van der Waals surface area contributed by atoms with Gasteiger partial charge in [-0.1, -0.05) is 0 Å². The highest BCUT2D eigenvalue weighted by molar-refractivity contribution is 5.77. The number of pyridine rings is 2. The molecule has 0 saturated carbocycles. The first-order valence-electron chi connectivity index (χ1n) is 9.38. The average Bonchev–Trinajstić information content (AvgIpc) is 3.31. The molecule has 0 aromatic carbocycles. The third-order valence-electron chi connectivity index (χ3n) is 4.92. The normalized spacial score (nSPS) is 13.8. The van der Waals surface area contributed by atoms with E-state index in [4.69, 9.17) is 0 Å². The van der Waals surface area contributed by atoms with E-state index in [0.29, 0.717) is 12.7 Å². The van der Waals surface area contributed by atoms with E-state index in [1.54, 1.807) is 0 Å². The van der Waals surface area contributed by atoms with Gasteiger partial charge in [-0.25, -0.2) is 19.9 Å². The Hall–Kier alpha value is -3.60. The van der Waals surface area contributed by atoms with Gasteiger partial charge in [-0.05, 0) is 12.1 Å². The van der Waals surface area contributed by atoms with Gasteiger partial charge in [0, 0.05) is 13.1 Å². The zero-order valence-electron chi connectivity index (χ0n) is 16.9. The van der Waals surface area contributed by atoms with E-state index in [9.17, 15) is 52.7 Å². The number of rotatable bonds is 3. The maximum absolute atomic E-state index is 13.3. The highest BCUT2D eigenvalue weighted by atomic mass is 19.4. The molecule has 0 aliphatic rings. The van der Waals surface area contributed by atoms with Crippen molar-refractivity contribution in [3.63, 3.8) is 0 Å². The molecule has 0 spiro atoms. The van der Waals surface area contributed by atoms with Crippen molar-refractivity contribution in [2.24, 2.45) is 0 Å². The van der Waals surface area contributed by atoms with Crippen LogP contribution < -0.4 is 0 Å². The summed E-state index contributed by atoms with van der Waals surface area (Å²) in [6.07, 6.45) is -19.5. The van der Waals surface area contributed by atoms with E-state index >= 15 is 0 Å². The summed E-state index contributed by atoms with van der Waals surface area (Å²) in [5, 5.41) is 0. The Morgan fingerprint density at radius 3 is 1.14 bits per heavy atom. The molecule has 36 heavy (non-hydrogen) atoms. The smallest absolute Gasteiger partial charge is 0.313 e. The van der Waals surface area contributed by atoms with Crippen molar-refractivity contribution in [3.8, 4) is 0 Å². The Morgan fingerprint density at radius 1 is 0.528 bits per heavy atom. The van der Waals surface area contributed by atoms with Crippen molar-refractivity contribution in [2.75, 3.05) is 0 Å². The van der Waals surface area contributed by atoms with Crippen LogP contribution in [0.4, 0.5) is 52.7 Å². The molecule has 0 aliphatic carbocycles. The van der Waals surface area contributed by atoms with Gasteiger partial charge in [0.15, 0.2) is 11.3 Å². The Labute approximate surface area is 190 Å². The van der Waals surface area contributed by atoms with Crippen LogP contribution in [0.15, 0.2) is 24.8 Å². The lowest BCUT2D eigenvalue weighted by atomic mass is 10.2. The van der Waals surface area contributed by atoms with E-state index < -0.39 is 82.6 Å². The molecule has 0 amide bonds. The molecule has 4 heterocycles. The number of fused-ring (bicyclic) bond motifs is 2. The molecule has 4 aromatic rings. The second-order valence-corrected chi connectivity index (χ2v) is 7.32. The molecule has 18 heteroatoms. The molecule has 0 N–H and O–H groups in total. The van der Waals surface area contributed by atoms with Crippen molar-refractivity contribution in [1.82, 2.24) is 29.1 Å². The molecule has 0 unspecified atom stereocenters. The molecule has 0 saturated heterocycles. The molecule has 0 bridgehead atoms. The highest BCUT2D eigenvalue weighted by Crippen LogP contribution is 2.39. The number of nitrogens with zero attached hydrogens (tertiary/aromatic N) is 6. The quantitative estimate of drug-likeness (QED) is 0.304. The van der Waals surface area contributed by atoms with Crippen LogP contribution in [0.25, 0.3) is 22.3 Å². The maximum atomic E-state index is 13.3. The number of alkyl halides is 12. The SMILES string of the molecule is FC(F)(F)c1cc(C(F)(F)F)c2ncn(CCn3cnc4c(C(F)(F)F)cc(C(F)(F)F)nc43)c2n1. The lowest BCUT2D eigenvalue weighted by molar-refractivity contribution is -0.146. The molecule has 4 rings (SSSR count). The number of aryl methyl sites for hydroxylation is 2. The Balaban J connectivity index is 1.79. The van der Waals surface area contributed by atoms with Gasteiger partial charge in [0.2, 0.25) is 0 Å². The highest BCUT2D eigenvalue weighted by Gasteiger charge is 2.42. The summed E-state index contributed by atoms with van der Waals surface area (Å²) in [5.74, 6) is 0. The average molecular weight is 536 g/mol. The predicted octanol–water partition coefficient (Wildman–Crippen LogP) is 5.95. The fourth-order valence-electron chi connectivity index (χ4n) is 3.33. The van der Waals surface area contributed by atoms with E-state index in [-0.39, 0.29) is 12.1 Å². The molecule has 0 atom stereocenters. The summed E-state index contributed by atoms with van der Waals surface area (Å²) in [6, 6.07) is -0.436. The largest absolute Gasteiger partial charge is 0.433 e. The van der Waals surface area contributed by atoms with Crippen LogP contribution in [0.1, 0.15) is 22.5 Å². The molecular formula is C18H8F12N6. The molecule has 0 aliphatic heterocycles. The van der Waals surface area contributed by atoms with Crippen LogP contribution in [0, 0.1) is 0 Å². The molecular weight excluding hydrogens is 528 g/mol. The van der Waals surface area contributed by atoms with Crippen molar-refractivity contribution >= 4 is 22.3 Å². The van der Waals surface area contributed by atoms with Gasteiger partial charge in [0.1, 0.15) is 22.4 Å². The van der Waals surface area contributed by atoms with Crippen LogP contribution in [-0.4, -0.2) is 29.1 Å². The van der Waals surface area contributed by atoms with Gasteiger partial charge in [-0.15, -0.1) is 0 Å². The Morgan fingerprint density at radius 2 is 0.861 bits per heavy atom. The number of halogens is 12. The van der Waals surface area contributed by atoms with E-state index in [1.807, 2.05) is 0 Å². The summed E-state index contributed by atoms with van der Waals surface area (Å²) >= 11 is 0. The van der Waals surface area contributed by atoms with Crippen LogP contribution in [0.2, 0.25) is 0 Å². The first-order chi connectivity index (χ1) is 16.4. The second kappa shape index (κ2) is 7.95. The lowest BCUT2D eigenvalue weighted by Crippen LogP contribution is -2.16. The first-order valence-corrected chi connectivity index (χ1v) is 9.38. The summed E-state index contributed by atoms with van der Waals surface area (Å²) in [4.78, 5) is 13.2. The van der Waals surface area contributed by atoms with Gasteiger partial charge >= 0.3 is 24.7 Å². The summed E-state index contributed by atoms with van der Waals surface area (Å²) < 4.78 is 160. The van der Waals surface area contributed by atoms with Crippen molar-refractivity contribution in [2.45, 2.75) is 37.8 Å². The minimum atomic E-state index is -5.25. The topological polar surface area (TPSA) is 61.4 Å². The number of imidazole rings is 2. The van der Waals surface area contributed by atoms with Gasteiger partial charge in [-0.3, -0.25) is 0 Å². The van der Waals surface area contributed by atoms with Crippen molar-refractivity contribution in [1.29, 1.82) is 0 Å². The lowest BCUT2D eigenvalue weighted by Gasteiger charge is -2.13. The molecule has 4 aromatic heterocycles. The monoisotopic (exact) mass is 536 g/mol. The minimum Gasteiger partial charge on any atom is -0.313 e.